The highest BCUT2D eigenvalue weighted by atomic mass is 79.9. The van der Waals surface area contributed by atoms with E-state index in [1.807, 2.05) is 0 Å². The van der Waals surface area contributed by atoms with E-state index in [0.29, 0.717) is 10.3 Å². The van der Waals surface area contributed by atoms with Crippen LogP contribution in [0.25, 0.3) is 0 Å². The number of nitrogens with one attached hydrogen (secondary N) is 2. The molecule has 2 rings (SSSR count). The molecule has 0 aliphatic heterocycles. The molecular weight excluding hydrogens is 303 g/mol. The third kappa shape index (κ3) is 2.92. The lowest BCUT2D eigenvalue weighted by molar-refractivity contribution is 0.0938. The fraction of sp³-hybridized carbons (Fsp3) is 0.182. The van der Waals surface area contributed by atoms with Crippen LogP contribution in [-0.4, -0.2) is 21.1 Å². The highest BCUT2D eigenvalue weighted by Crippen LogP contribution is 2.15. The molecule has 1 heterocycles. The zero-order valence-corrected chi connectivity index (χ0v) is 11.0. The first-order chi connectivity index (χ1) is 8.56. The Bertz CT molecular complexity index is 538. The van der Waals surface area contributed by atoms with Crippen molar-refractivity contribution < 1.29 is 9.18 Å². The summed E-state index contributed by atoms with van der Waals surface area (Å²) in [6.45, 7) is 1.76. The van der Waals surface area contributed by atoms with Crippen LogP contribution < -0.4 is 5.32 Å². The summed E-state index contributed by atoms with van der Waals surface area (Å²) < 4.78 is 13.7. The van der Waals surface area contributed by atoms with E-state index in [1.165, 1.54) is 18.5 Å². The summed E-state index contributed by atoms with van der Waals surface area (Å²) in [5.74, 6) is -0.306. The van der Waals surface area contributed by atoms with Gasteiger partial charge in [-0.25, -0.2) is 9.37 Å². The van der Waals surface area contributed by atoms with E-state index >= 15 is 0 Å². The summed E-state index contributed by atoms with van der Waals surface area (Å²) in [6, 6.07) is 3.68. The second kappa shape index (κ2) is 5.26. The van der Waals surface area contributed by atoms with E-state index in [9.17, 15) is 9.18 Å². The topological polar surface area (TPSA) is 70.7 Å². The van der Waals surface area contributed by atoms with Gasteiger partial charge in [0.1, 0.15) is 18.0 Å². The first kappa shape index (κ1) is 12.7. The number of carbonyl (C=O) groups is 1. The molecule has 2 N–H and O–H groups in total. The van der Waals surface area contributed by atoms with Crippen molar-refractivity contribution in [1.82, 2.24) is 20.5 Å². The maximum atomic E-state index is 13.2. The first-order valence-corrected chi connectivity index (χ1v) is 5.98. The summed E-state index contributed by atoms with van der Waals surface area (Å²) in [4.78, 5) is 15.8. The van der Waals surface area contributed by atoms with Crippen molar-refractivity contribution in [3.05, 3.63) is 46.2 Å². The molecule has 0 aliphatic rings. The van der Waals surface area contributed by atoms with Crippen molar-refractivity contribution in [2.45, 2.75) is 13.0 Å². The normalized spacial score (nSPS) is 12.2. The number of H-pyrrole nitrogens is 1. The molecule has 0 bridgehead atoms. The number of carbonyl (C=O) groups excluding carboxylic acids is 1. The number of halogens is 2. The molecule has 1 unspecified atom stereocenters. The summed E-state index contributed by atoms with van der Waals surface area (Å²) >= 11 is 3.14. The SMILES string of the molecule is CC(NC(=O)c1cc(F)cc(Br)c1)c1ncn[nH]1. The highest BCUT2D eigenvalue weighted by molar-refractivity contribution is 9.10. The van der Waals surface area contributed by atoms with E-state index in [-0.39, 0.29) is 17.5 Å². The molecule has 18 heavy (non-hydrogen) atoms. The summed E-state index contributed by atoms with van der Waals surface area (Å²) in [7, 11) is 0. The molecule has 0 saturated heterocycles. The number of aromatic nitrogens is 3. The Balaban J connectivity index is 2.12. The van der Waals surface area contributed by atoms with Gasteiger partial charge in [0, 0.05) is 10.0 Å². The van der Waals surface area contributed by atoms with Gasteiger partial charge >= 0.3 is 0 Å². The number of hydrogen-bond acceptors (Lipinski definition) is 3. The quantitative estimate of drug-likeness (QED) is 0.912. The summed E-state index contributed by atoms with van der Waals surface area (Å²) in [5, 5.41) is 9.05. The van der Waals surface area contributed by atoms with Crippen LogP contribution in [0, 0.1) is 5.82 Å². The molecule has 1 aromatic carbocycles. The molecule has 94 valence electrons. The van der Waals surface area contributed by atoms with E-state index in [2.05, 4.69) is 36.4 Å². The van der Waals surface area contributed by atoms with Gasteiger partial charge in [-0.15, -0.1) is 0 Å². The van der Waals surface area contributed by atoms with E-state index in [4.69, 9.17) is 0 Å². The van der Waals surface area contributed by atoms with Crippen LogP contribution in [0.2, 0.25) is 0 Å². The largest absolute Gasteiger partial charge is 0.342 e. The minimum Gasteiger partial charge on any atom is -0.342 e. The lowest BCUT2D eigenvalue weighted by Crippen LogP contribution is -2.27. The molecule has 0 saturated carbocycles. The molecule has 1 amide bonds. The number of benzene rings is 1. The van der Waals surface area contributed by atoms with Crippen LogP contribution in [0.4, 0.5) is 4.39 Å². The van der Waals surface area contributed by atoms with Gasteiger partial charge < -0.3 is 5.32 Å². The van der Waals surface area contributed by atoms with Gasteiger partial charge in [0.25, 0.3) is 5.91 Å². The van der Waals surface area contributed by atoms with Crippen LogP contribution in [0.3, 0.4) is 0 Å². The summed E-state index contributed by atoms with van der Waals surface area (Å²) in [5.41, 5.74) is 0.244. The van der Waals surface area contributed by atoms with E-state index in [1.54, 1.807) is 13.0 Å². The fourth-order valence-electron chi connectivity index (χ4n) is 1.46. The number of aromatic amines is 1. The number of amides is 1. The molecule has 7 heteroatoms. The second-order valence-corrected chi connectivity index (χ2v) is 4.64. The zero-order valence-electron chi connectivity index (χ0n) is 9.45. The van der Waals surface area contributed by atoms with E-state index in [0.717, 1.165) is 0 Å². The molecule has 0 aliphatic carbocycles. The minimum absolute atomic E-state index is 0.244. The lowest BCUT2D eigenvalue weighted by atomic mass is 10.2. The van der Waals surface area contributed by atoms with Crippen LogP contribution >= 0.6 is 15.9 Å². The van der Waals surface area contributed by atoms with Crippen molar-refractivity contribution in [2.24, 2.45) is 0 Å². The lowest BCUT2D eigenvalue weighted by Gasteiger charge is -2.11. The van der Waals surface area contributed by atoms with Gasteiger partial charge in [-0.3, -0.25) is 9.89 Å². The molecule has 1 atom stereocenters. The third-order valence-electron chi connectivity index (χ3n) is 2.32. The molecule has 2 aromatic rings. The number of nitrogens with zero attached hydrogens (tertiary/aromatic N) is 2. The Kier molecular flexibility index (Phi) is 3.71. The van der Waals surface area contributed by atoms with Crippen LogP contribution in [-0.2, 0) is 0 Å². The molecule has 0 fully saturated rings. The van der Waals surface area contributed by atoms with Gasteiger partial charge in [-0.2, -0.15) is 5.10 Å². The molecule has 0 radical (unpaired) electrons. The predicted octanol–water partition coefficient (Wildman–Crippen LogP) is 2.20. The molecular formula is C11H10BrFN4O. The Labute approximate surface area is 111 Å². The molecule has 5 nitrogen and oxygen atoms in total. The second-order valence-electron chi connectivity index (χ2n) is 3.72. The minimum atomic E-state index is -0.471. The maximum Gasteiger partial charge on any atom is 0.252 e. The van der Waals surface area contributed by atoms with E-state index < -0.39 is 5.82 Å². The van der Waals surface area contributed by atoms with Gasteiger partial charge in [0.2, 0.25) is 0 Å². The van der Waals surface area contributed by atoms with Crippen LogP contribution in [0.1, 0.15) is 29.1 Å². The van der Waals surface area contributed by atoms with Gasteiger partial charge in [0.15, 0.2) is 0 Å². The zero-order chi connectivity index (χ0) is 13.1. The van der Waals surface area contributed by atoms with Gasteiger partial charge in [0.05, 0.1) is 6.04 Å². The van der Waals surface area contributed by atoms with Gasteiger partial charge in [-0.1, -0.05) is 15.9 Å². The monoisotopic (exact) mass is 312 g/mol. The van der Waals surface area contributed by atoms with Crippen molar-refractivity contribution in [3.63, 3.8) is 0 Å². The Morgan fingerprint density at radius 1 is 1.50 bits per heavy atom. The predicted molar refractivity (Wildman–Crippen MR) is 66.4 cm³/mol. The maximum absolute atomic E-state index is 13.2. The van der Waals surface area contributed by atoms with Crippen LogP contribution in [0.5, 0.6) is 0 Å². The highest BCUT2D eigenvalue weighted by Gasteiger charge is 2.14. The van der Waals surface area contributed by atoms with Crippen molar-refractivity contribution in [2.75, 3.05) is 0 Å². The average Bonchev–Trinajstić information content (AvgIpc) is 2.80. The first-order valence-electron chi connectivity index (χ1n) is 5.18. The van der Waals surface area contributed by atoms with Crippen LogP contribution in [0.15, 0.2) is 29.0 Å². The Morgan fingerprint density at radius 3 is 2.89 bits per heavy atom. The van der Waals surface area contributed by atoms with Crippen molar-refractivity contribution in [3.8, 4) is 0 Å². The third-order valence-corrected chi connectivity index (χ3v) is 2.77. The van der Waals surface area contributed by atoms with Crippen molar-refractivity contribution in [1.29, 1.82) is 0 Å². The number of hydrogen-bond donors (Lipinski definition) is 2. The smallest absolute Gasteiger partial charge is 0.252 e. The Morgan fingerprint density at radius 2 is 2.28 bits per heavy atom. The number of rotatable bonds is 3. The van der Waals surface area contributed by atoms with Crippen molar-refractivity contribution >= 4 is 21.8 Å². The molecule has 0 spiro atoms. The molecule has 1 aromatic heterocycles. The van der Waals surface area contributed by atoms with Gasteiger partial charge in [-0.05, 0) is 25.1 Å². The fourth-order valence-corrected chi connectivity index (χ4v) is 1.92. The average molecular weight is 313 g/mol. The Hall–Kier alpha value is -1.76. The summed E-state index contributed by atoms with van der Waals surface area (Å²) in [6.07, 6.45) is 1.36. The standard InChI is InChI=1S/C11H10BrFN4O/c1-6(10-14-5-15-17-10)16-11(18)7-2-8(12)4-9(13)3-7/h2-6H,1H3,(H,16,18)(H,14,15,17).